The number of para-hydroxylation sites is 1. The summed E-state index contributed by atoms with van der Waals surface area (Å²) in [6.07, 6.45) is 3.72. The summed E-state index contributed by atoms with van der Waals surface area (Å²) in [6.45, 7) is 4.67. The van der Waals surface area contributed by atoms with Gasteiger partial charge in [0, 0.05) is 11.4 Å². The van der Waals surface area contributed by atoms with Gasteiger partial charge in [0.05, 0.1) is 16.8 Å². The molecule has 1 unspecified atom stereocenters. The van der Waals surface area contributed by atoms with Crippen LogP contribution >= 0.6 is 23.1 Å². The number of aryl methyl sites for hydroxylation is 1. The molecule has 2 aromatic heterocycles. The number of hydrogen-bond donors (Lipinski definition) is 2. The van der Waals surface area contributed by atoms with Gasteiger partial charge in [-0.05, 0) is 49.3 Å². The Hall–Kier alpha value is -2.65. The minimum Gasteiger partial charge on any atom is -0.338 e. The van der Waals surface area contributed by atoms with Gasteiger partial charge in [-0.2, -0.15) is 0 Å². The van der Waals surface area contributed by atoms with Crippen LogP contribution in [0.5, 0.6) is 0 Å². The van der Waals surface area contributed by atoms with Crippen molar-refractivity contribution in [3.05, 3.63) is 51.1 Å². The van der Waals surface area contributed by atoms with E-state index in [1.807, 2.05) is 37.3 Å². The van der Waals surface area contributed by atoms with Crippen molar-refractivity contribution in [1.82, 2.24) is 20.2 Å². The molecule has 3 amide bonds. The maximum absolute atomic E-state index is 13.7. The predicted octanol–water partition coefficient (Wildman–Crippen LogP) is 3.90. The van der Waals surface area contributed by atoms with E-state index in [-0.39, 0.29) is 11.3 Å². The Morgan fingerprint density at radius 2 is 2.06 bits per heavy atom. The standard InChI is InChI=1S/C23H26N4O3S2/c1-3-11-24-22(30)25-18(28)13-31-23-26-20-19(16-10-9-14(2)12-17(16)32-20)21(29)27(23)15-7-5-4-6-8-15/h4-8,14H,3,9-13H2,1-2H3,(H2,24,25,28,30). The van der Waals surface area contributed by atoms with E-state index < -0.39 is 11.9 Å². The van der Waals surface area contributed by atoms with E-state index in [9.17, 15) is 14.4 Å². The van der Waals surface area contributed by atoms with Gasteiger partial charge < -0.3 is 5.32 Å². The van der Waals surface area contributed by atoms with Crippen LogP contribution in [0.25, 0.3) is 15.9 Å². The first-order valence-corrected chi connectivity index (χ1v) is 12.6. The van der Waals surface area contributed by atoms with E-state index >= 15 is 0 Å². The molecule has 168 valence electrons. The number of imide groups is 1. The molecule has 0 fully saturated rings. The normalized spacial score (nSPS) is 15.4. The summed E-state index contributed by atoms with van der Waals surface area (Å²) < 4.78 is 1.59. The molecule has 32 heavy (non-hydrogen) atoms. The zero-order chi connectivity index (χ0) is 22.7. The Morgan fingerprint density at radius 3 is 2.81 bits per heavy atom. The number of aromatic nitrogens is 2. The molecule has 0 spiro atoms. The number of thioether (sulfide) groups is 1. The largest absolute Gasteiger partial charge is 0.338 e. The van der Waals surface area contributed by atoms with Gasteiger partial charge in [0.1, 0.15) is 4.83 Å². The first-order valence-electron chi connectivity index (χ1n) is 10.8. The molecule has 0 saturated carbocycles. The van der Waals surface area contributed by atoms with Gasteiger partial charge in [0.25, 0.3) is 5.56 Å². The highest BCUT2D eigenvalue weighted by Gasteiger charge is 2.25. The lowest BCUT2D eigenvalue weighted by Gasteiger charge is -2.17. The lowest BCUT2D eigenvalue weighted by molar-refractivity contribution is -0.117. The molecule has 1 atom stereocenters. The summed E-state index contributed by atoms with van der Waals surface area (Å²) in [4.78, 5) is 44.5. The van der Waals surface area contributed by atoms with E-state index in [1.54, 1.807) is 15.9 Å². The number of benzene rings is 1. The molecule has 7 nitrogen and oxygen atoms in total. The average Bonchev–Trinajstić information content (AvgIpc) is 3.14. The molecule has 3 aromatic rings. The molecular formula is C23H26N4O3S2. The van der Waals surface area contributed by atoms with Crippen LogP contribution < -0.4 is 16.2 Å². The third-order valence-corrected chi connectivity index (χ3v) is 7.52. The van der Waals surface area contributed by atoms with Crippen molar-refractivity contribution in [3.63, 3.8) is 0 Å². The molecule has 0 saturated heterocycles. The summed E-state index contributed by atoms with van der Waals surface area (Å²) in [6, 6.07) is 8.84. The van der Waals surface area contributed by atoms with Gasteiger partial charge in [0.2, 0.25) is 5.91 Å². The first-order chi connectivity index (χ1) is 15.5. The van der Waals surface area contributed by atoms with Crippen molar-refractivity contribution in [2.24, 2.45) is 5.92 Å². The molecule has 0 aliphatic heterocycles. The zero-order valence-electron chi connectivity index (χ0n) is 18.1. The number of fused-ring (bicyclic) bond motifs is 3. The van der Waals surface area contributed by atoms with Gasteiger partial charge in [-0.25, -0.2) is 9.78 Å². The van der Waals surface area contributed by atoms with Crippen molar-refractivity contribution < 1.29 is 9.59 Å². The van der Waals surface area contributed by atoms with Crippen LogP contribution in [0.2, 0.25) is 0 Å². The van der Waals surface area contributed by atoms with Crippen molar-refractivity contribution in [3.8, 4) is 5.69 Å². The van der Waals surface area contributed by atoms with Crippen LogP contribution in [-0.4, -0.2) is 33.8 Å². The molecule has 2 N–H and O–H groups in total. The lowest BCUT2D eigenvalue weighted by Crippen LogP contribution is -2.40. The molecule has 9 heteroatoms. The quantitative estimate of drug-likeness (QED) is 0.421. The number of carbonyl (C=O) groups is 2. The summed E-state index contributed by atoms with van der Waals surface area (Å²) in [5.74, 6) is 0.145. The van der Waals surface area contributed by atoms with Crippen molar-refractivity contribution in [1.29, 1.82) is 0 Å². The smallest absolute Gasteiger partial charge is 0.321 e. The van der Waals surface area contributed by atoms with E-state index in [2.05, 4.69) is 17.6 Å². The topological polar surface area (TPSA) is 93.1 Å². The number of urea groups is 1. The molecule has 1 aliphatic carbocycles. The van der Waals surface area contributed by atoms with Gasteiger partial charge in [-0.1, -0.05) is 43.8 Å². The molecule has 1 aliphatic rings. The average molecular weight is 471 g/mol. The Kier molecular flexibility index (Phi) is 6.95. The second-order valence-corrected chi connectivity index (χ2v) is 10.0. The summed E-state index contributed by atoms with van der Waals surface area (Å²) >= 11 is 2.75. The van der Waals surface area contributed by atoms with Crippen molar-refractivity contribution in [2.45, 2.75) is 44.7 Å². The maximum Gasteiger partial charge on any atom is 0.321 e. The summed E-state index contributed by atoms with van der Waals surface area (Å²) in [7, 11) is 0. The fourth-order valence-corrected chi connectivity index (χ4v) is 6.08. The highest BCUT2D eigenvalue weighted by atomic mass is 32.2. The van der Waals surface area contributed by atoms with Gasteiger partial charge in [-0.15, -0.1) is 11.3 Å². The van der Waals surface area contributed by atoms with Gasteiger partial charge >= 0.3 is 6.03 Å². The number of nitrogens with one attached hydrogen (secondary N) is 2. The minimum atomic E-state index is -0.513. The monoisotopic (exact) mass is 470 g/mol. The van der Waals surface area contributed by atoms with Crippen LogP contribution in [0.4, 0.5) is 4.79 Å². The van der Waals surface area contributed by atoms with Crippen LogP contribution in [0.1, 0.15) is 37.1 Å². The molecule has 4 rings (SSSR count). The number of rotatable bonds is 6. The van der Waals surface area contributed by atoms with Crippen LogP contribution in [0.15, 0.2) is 40.3 Å². The number of nitrogens with zero attached hydrogens (tertiary/aromatic N) is 2. The van der Waals surface area contributed by atoms with Gasteiger partial charge in [0.15, 0.2) is 5.16 Å². The Balaban J connectivity index is 1.69. The van der Waals surface area contributed by atoms with Crippen molar-refractivity contribution >= 4 is 45.3 Å². The minimum absolute atomic E-state index is 0.0214. The molecule has 0 bridgehead atoms. The first kappa shape index (κ1) is 22.5. The second kappa shape index (κ2) is 9.87. The van der Waals surface area contributed by atoms with E-state index in [0.717, 1.165) is 47.8 Å². The van der Waals surface area contributed by atoms with Crippen LogP contribution in [0.3, 0.4) is 0 Å². The fraction of sp³-hybridized carbons (Fsp3) is 0.391. The molecule has 0 radical (unpaired) electrons. The molecular weight excluding hydrogens is 444 g/mol. The van der Waals surface area contributed by atoms with E-state index in [4.69, 9.17) is 4.98 Å². The summed E-state index contributed by atoms with van der Waals surface area (Å²) in [5.41, 5.74) is 1.74. The Bertz CT molecular complexity index is 1200. The highest BCUT2D eigenvalue weighted by molar-refractivity contribution is 7.99. The highest BCUT2D eigenvalue weighted by Crippen LogP contribution is 2.36. The van der Waals surface area contributed by atoms with Gasteiger partial charge in [-0.3, -0.25) is 19.5 Å². The number of carbonyl (C=O) groups excluding carboxylic acids is 2. The second-order valence-electron chi connectivity index (χ2n) is 8.00. The third kappa shape index (κ3) is 4.73. The maximum atomic E-state index is 13.7. The van der Waals surface area contributed by atoms with Crippen molar-refractivity contribution in [2.75, 3.05) is 12.3 Å². The molecule has 1 aromatic carbocycles. The fourth-order valence-electron chi connectivity index (χ4n) is 3.85. The third-order valence-electron chi connectivity index (χ3n) is 5.43. The predicted molar refractivity (Wildman–Crippen MR) is 129 cm³/mol. The number of thiophene rings is 1. The lowest BCUT2D eigenvalue weighted by atomic mass is 9.89. The number of hydrogen-bond acceptors (Lipinski definition) is 6. The van der Waals surface area contributed by atoms with Crippen LogP contribution in [0, 0.1) is 5.92 Å². The molecule has 2 heterocycles. The van der Waals surface area contributed by atoms with Crippen LogP contribution in [-0.2, 0) is 17.6 Å². The Morgan fingerprint density at radius 1 is 1.28 bits per heavy atom. The Labute approximate surface area is 194 Å². The van der Waals surface area contributed by atoms with E-state index in [0.29, 0.717) is 28.7 Å². The number of amides is 3. The van der Waals surface area contributed by atoms with E-state index in [1.165, 1.54) is 4.88 Å². The SMILES string of the molecule is CCCNC(=O)NC(=O)CSc1nc2sc3c(c2c(=O)n1-c1ccccc1)CCC(C)C3. The summed E-state index contributed by atoms with van der Waals surface area (Å²) in [5, 5.41) is 6.08. The zero-order valence-corrected chi connectivity index (χ0v) is 19.8.